The molecule has 0 bridgehead atoms. The summed E-state index contributed by atoms with van der Waals surface area (Å²) in [6, 6.07) is 11.4. The van der Waals surface area contributed by atoms with Crippen LogP contribution in [0.3, 0.4) is 0 Å². The van der Waals surface area contributed by atoms with E-state index in [0.717, 1.165) is 45.3 Å². The summed E-state index contributed by atoms with van der Waals surface area (Å²) in [7, 11) is 1.38. The number of methoxy groups -OCH3 is 2. The number of nitrogens with one attached hydrogen (secondary N) is 1. The molecule has 0 unspecified atom stereocenters. The highest BCUT2D eigenvalue weighted by atomic mass is 32.2. The van der Waals surface area contributed by atoms with Gasteiger partial charge >= 0.3 is 0 Å². The highest BCUT2D eigenvalue weighted by molar-refractivity contribution is 7.89. The van der Waals surface area contributed by atoms with Crippen LogP contribution in [-0.4, -0.2) is 60.8 Å². The molecule has 2 aliphatic rings. The minimum absolute atomic E-state index is 0.00551. The molecule has 2 aromatic rings. The van der Waals surface area contributed by atoms with Crippen molar-refractivity contribution in [1.29, 1.82) is 0 Å². The standard InChI is InChI=1S/C24H33N3O4S/c1-26-12-6-7-18-15-19(8-10-21(18)26)22(27-13-4-5-14-27)17-25-32(28,29)24-11-9-20(30-2)16-23(24)31-3/h8-11,15-16,22,25H,4-7,12-14,17H2,1-3H3/t22-/m0/s1. The SMILES string of the molecule is COc1ccc(S(=O)(=O)NC[C@@H](c2ccc3c(c2)CCCN3C)N2CCCC2)c(OC)c1. The largest absolute Gasteiger partial charge is 0.497 e. The van der Waals surface area contributed by atoms with Crippen LogP contribution >= 0.6 is 0 Å². The number of sulfonamides is 1. The summed E-state index contributed by atoms with van der Waals surface area (Å²) in [5.41, 5.74) is 3.80. The summed E-state index contributed by atoms with van der Waals surface area (Å²) in [5, 5.41) is 0. The molecular formula is C24H33N3O4S. The smallest absolute Gasteiger partial charge is 0.244 e. The number of ether oxygens (including phenoxy) is 2. The predicted octanol–water partition coefficient (Wildman–Crippen LogP) is 3.20. The zero-order valence-electron chi connectivity index (χ0n) is 19.1. The lowest BCUT2D eigenvalue weighted by atomic mass is 9.96. The molecule has 0 radical (unpaired) electrons. The molecule has 32 heavy (non-hydrogen) atoms. The van der Waals surface area contributed by atoms with E-state index < -0.39 is 10.0 Å². The van der Waals surface area contributed by atoms with E-state index in [9.17, 15) is 8.42 Å². The number of aryl methyl sites for hydroxylation is 1. The van der Waals surface area contributed by atoms with Crippen LogP contribution in [0.4, 0.5) is 5.69 Å². The Bertz CT molecular complexity index is 1050. The minimum Gasteiger partial charge on any atom is -0.497 e. The molecule has 1 N–H and O–H groups in total. The van der Waals surface area contributed by atoms with Gasteiger partial charge in [-0.1, -0.05) is 12.1 Å². The molecule has 8 heteroatoms. The number of hydrogen-bond acceptors (Lipinski definition) is 6. The van der Waals surface area contributed by atoms with Crippen LogP contribution in [0.15, 0.2) is 41.3 Å². The van der Waals surface area contributed by atoms with Crippen LogP contribution < -0.4 is 19.1 Å². The maximum Gasteiger partial charge on any atom is 0.244 e. The molecule has 0 spiro atoms. The van der Waals surface area contributed by atoms with Gasteiger partial charge in [0.15, 0.2) is 0 Å². The van der Waals surface area contributed by atoms with Gasteiger partial charge in [-0.25, -0.2) is 13.1 Å². The summed E-state index contributed by atoms with van der Waals surface area (Å²) in [5.74, 6) is 0.821. The Morgan fingerprint density at radius 2 is 1.78 bits per heavy atom. The van der Waals surface area contributed by atoms with Crippen molar-refractivity contribution in [2.45, 2.75) is 36.6 Å². The first-order valence-corrected chi connectivity index (χ1v) is 12.7. The van der Waals surface area contributed by atoms with E-state index in [0.29, 0.717) is 12.3 Å². The molecule has 2 aliphatic heterocycles. The van der Waals surface area contributed by atoms with E-state index in [1.807, 2.05) is 0 Å². The normalized spacial score (nSPS) is 17.8. The van der Waals surface area contributed by atoms with Gasteiger partial charge in [-0.05, 0) is 68.1 Å². The van der Waals surface area contributed by atoms with Gasteiger partial charge in [0.25, 0.3) is 0 Å². The van der Waals surface area contributed by atoms with Crippen molar-refractivity contribution < 1.29 is 17.9 Å². The molecule has 174 valence electrons. The Balaban J connectivity index is 1.59. The average Bonchev–Trinajstić information content (AvgIpc) is 3.33. The molecule has 1 saturated heterocycles. The fourth-order valence-electron chi connectivity index (χ4n) is 4.79. The summed E-state index contributed by atoms with van der Waals surface area (Å²) in [6.45, 7) is 3.35. The maximum atomic E-state index is 13.2. The molecule has 7 nitrogen and oxygen atoms in total. The topological polar surface area (TPSA) is 71.1 Å². The lowest BCUT2D eigenvalue weighted by Crippen LogP contribution is -2.37. The van der Waals surface area contributed by atoms with Crippen LogP contribution in [0.5, 0.6) is 11.5 Å². The van der Waals surface area contributed by atoms with Crippen LogP contribution in [0.25, 0.3) is 0 Å². The summed E-state index contributed by atoms with van der Waals surface area (Å²) in [4.78, 5) is 4.81. The van der Waals surface area contributed by atoms with Gasteiger partial charge in [-0.3, -0.25) is 4.90 Å². The molecule has 4 rings (SSSR count). The molecule has 0 aromatic heterocycles. The summed E-state index contributed by atoms with van der Waals surface area (Å²) in [6.07, 6.45) is 4.49. The van der Waals surface area contributed by atoms with Gasteiger partial charge in [-0.2, -0.15) is 0 Å². The van der Waals surface area contributed by atoms with E-state index in [1.165, 1.54) is 37.1 Å². The molecule has 0 saturated carbocycles. The van der Waals surface area contributed by atoms with Crippen molar-refractivity contribution in [3.63, 3.8) is 0 Å². The van der Waals surface area contributed by atoms with E-state index in [-0.39, 0.29) is 16.7 Å². The lowest BCUT2D eigenvalue weighted by Gasteiger charge is -2.32. The van der Waals surface area contributed by atoms with Gasteiger partial charge in [0.05, 0.1) is 14.2 Å². The fraction of sp³-hybridized carbons (Fsp3) is 0.500. The Labute approximate surface area is 191 Å². The summed E-state index contributed by atoms with van der Waals surface area (Å²) < 4.78 is 39.7. The van der Waals surface area contributed by atoms with Crippen LogP contribution in [0.2, 0.25) is 0 Å². The van der Waals surface area contributed by atoms with Crippen LogP contribution in [-0.2, 0) is 16.4 Å². The molecule has 1 atom stereocenters. The Morgan fingerprint density at radius 1 is 1.00 bits per heavy atom. The van der Waals surface area contributed by atoms with E-state index in [1.54, 1.807) is 12.1 Å². The van der Waals surface area contributed by atoms with Gasteiger partial charge in [0.2, 0.25) is 10.0 Å². The van der Waals surface area contributed by atoms with Crippen molar-refractivity contribution in [2.75, 3.05) is 52.3 Å². The van der Waals surface area contributed by atoms with Crippen molar-refractivity contribution in [1.82, 2.24) is 9.62 Å². The fourth-order valence-corrected chi connectivity index (χ4v) is 5.97. The monoisotopic (exact) mass is 459 g/mol. The zero-order chi connectivity index (χ0) is 22.7. The first-order chi connectivity index (χ1) is 15.4. The number of likely N-dealkylation sites (tertiary alicyclic amines) is 1. The third-order valence-electron chi connectivity index (χ3n) is 6.55. The zero-order valence-corrected chi connectivity index (χ0v) is 20.0. The highest BCUT2D eigenvalue weighted by Crippen LogP contribution is 2.33. The molecule has 2 aromatic carbocycles. The molecular weight excluding hydrogens is 426 g/mol. The molecule has 0 aliphatic carbocycles. The third kappa shape index (κ3) is 4.72. The Hall–Kier alpha value is -2.29. The van der Waals surface area contributed by atoms with Gasteiger partial charge < -0.3 is 14.4 Å². The van der Waals surface area contributed by atoms with Crippen molar-refractivity contribution >= 4 is 15.7 Å². The Morgan fingerprint density at radius 3 is 2.50 bits per heavy atom. The van der Waals surface area contributed by atoms with Gasteiger partial charge in [0, 0.05) is 37.9 Å². The number of hydrogen-bond donors (Lipinski definition) is 1. The molecule has 2 heterocycles. The van der Waals surface area contributed by atoms with E-state index in [2.05, 4.69) is 39.8 Å². The van der Waals surface area contributed by atoms with Crippen LogP contribution in [0.1, 0.15) is 36.4 Å². The van der Waals surface area contributed by atoms with E-state index >= 15 is 0 Å². The van der Waals surface area contributed by atoms with Crippen molar-refractivity contribution in [3.05, 3.63) is 47.5 Å². The van der Waals surface area contributed by atoms with Crippen molar-refractivity contribution in [3.8, 4) is 11.5 Å². The van der Waals surface area contributed by atoms with E-state index in [4.69, 9.17) is 9.47 Å². The highest BCUT2D eigenvalue weighted by Gasteiger charge is 2.28. The van der Waals surface area contributed by atoms with Crippen LogP contribution in [0, 0.1) is 0 Å². The number of nitrogens with zero attached hydrogens (tertiary/aromatic N) is 2. The lowest BCUT2D eigenvalue weighted by molar-refractivity contribution is 0.246. The first-order valence-electron chi connectivity index (χ1n) is 11.2. The average molecular weight is 460 g/mol. The summed E-state index contributed by atoms with van der Waals surface area (Å²) >= 11 is 0. The van der Waals surface area contributed by atoms with Gasteiger partial charge in [0.1, 0.15) is 16.4 Å². The maximum absolute atomic E-state index is 13.2. The number of benzene rings is 2. The second-order valence-corrected chi connectivity index (χ2v) is 10.3. The first kappa shape index (κ1) is 22.9. The minimum atomic E-state index is -3.75. The third-order valence-corrected chi connectivity index (χ3v) is 8.01. The molecule has 1 fully saturated rings. The van der Waals surface area contributed by atoms with Crippen molar-refractivity contribution in [2.24, 2.45) is 0 Å². The number of anilines is 1. The quantitative estimate of drug-likeness (QED) is 0.654. The number of fused-ring (bicyclic) bond motifs is 1. The predicted molar refractivity (Wildman–Crippen MR) is 126 cm³/mol. The second kappa shape index (κ2) is 9.68. The molecule has 0 amide bonds. The second-order valence-electron chi connectivity index (χ2n) is 8.54. The van der Waals surface area contributed by atoms with Gasteiger partial charge in [-0.15, -0.1) is 0 Å². The Kier molecular flexibility index (Phi) is 6.93. The number of rotatable bonds is 8.